The first-order valence-corrected chi connectivity index (χ1v) is 11.6. The molecule has 2 aliphatic rings. The third-order valence-corrected chi connectivity index (χ3v) is 6.57. The van der Waals surface area contributed by atoms with E-state index in [0.717, 1.165) is 12.1 Å². The van der Waals surface area contributed by atoms with Gasteiger partial charge in [-0.2, -0.15) is 17.4 Å². The highest BCUT2D eigenvalue weighted by molar-refractivity contribution is 7.75. The van der Waals surface area contributed by atoms with E-state index in [1.807, 2.05) is 0 Å². The Morgan fingerprint density at radius 1 is 1.24 bits per heavy atom. The van der Waals surface area contributed by atoms with Gasteiger partial charge in [0.15, 0.2) is 0 Å². The highest BCUT2D eigenvalue weighted by Gasteiger charge is 2.62. The van der Waals surface area contributed by atoms with E-state index in [1.165, 1.54) is 18.2 Å². The summed E-state index contributed by atoms with van der Waals surface area (Å²) in [5, 5.41) is 6.45. The lowest BCUT2D eigenvalue weighted by molar-refractivity contribution is -0.275. The molecule has 2 aromatic carbocycles. The van der Waals surface area contributed by atoms with Crippen molar-refractivity contribution < 1.29 is 35.4 Å². The smallest absolute Gasteiger partial charge is 0.374 e. The molecule has 1 saturated heterocycles. The summed E-state index contributed by atoms with van der Waals surface area (Å²) in [7, 11) is 0. The molecule has 3 unspecified atom stereocenters. The Kier molecular flexibility index (Phi) is 6.94. The molecule has 1 fully saturated rings. The lowest BCUT2D eigenvalue weighted by atomic mass is 9.86. The minimum atomic E-state index is -4.81. The number of amides is 1. The minimum absolute atomic E-state index is 0.0372. The fourth-order valence-corrected chi connectivity index (χ4v) is 4.83. The second-order valence-electron chi connectivity index (χ2n) is 7.74. The van der Waals surface area contributed by atoms with Gasteiger partial charge in [-0.15, -0.1) is 0 Å². The summed E-state index contributed by atoms with van der Waals surface area (Å²) in [6.07, 6.45) is -5.95. The highest BCUT2D eigenvalue weighted by Crippen LogP contribution is 2.49. The van der Waals surface area contributed by atoms with Gasteiger partial charge in [0.2, 0.25) is 0 Å². The highest BCUT2D eigenvalue weighted by atomic mass is 35.5. The fourth-order valence-electron chi connectivity index (χ4n) is 3.64. The zero-order valence-corrected chi connectivity index (χ0v) is 19.8. The van der Waals surface area contributed by atoms with Crippen LogP contribution in [-0.2, 0) is 30.2 Å². The molecule has 1 N–H and O–H groups in total. The molecule has 3 atom stereocenters. The number of alkyl halides is 3. The number of oxime groups is 1. The SMILES string of the molecule is Cc1cc(C2=NOC(c3cc(Cl)cc(Cl)c3)(C(F)(F)F)C2)ccc1C(=O)NCC1COS(=O)O1. The number of nitrogens with zero attached hydrogens (tertiary/aromatic N) is 1. The predicted molar refractivity (Wildman–Crippen MR) is 119 cm³/mol. The average molecular weight is 537 g/mol. The van der Waals surface area contributed by atoms with E-state index in [1.54, 1.807) is 13.0 Å². The number of nitrogens with one attached hydrogen (secondary N) is 1. The van der Waals surface area contributed by atoms with E-state index in [2.05, 4.69) is 10.5 Å². The Balaban J connectivity index is 1.53. The first kappa shape index (κ1) is 24.9. The van der Waals surface area contributed by atoms with Gasteiger partial charge in [0, 0.05) is 34.1 Å². The van der Waals surface area contributed by atoms with E-state index in [0.29, 0.717) is 16.7 Å². The van der Waals surface area contributed by atoms with Gasteiger partial charge in [0.05, 0.1) is 12.3 Å². The van der Waals surface area contributed by atoms with Crippen molar-refractivity contribution in [3.63, 3.8) is 0 Å². The molecular formula is C21H17Cl2F3N2O5S. The number of hydrogen-bond acceptors (Lipinski definition) is 6. The van der Waals surface area contributed by atoms with Crippen LogP contribution in [0.15, 0.2) is 41.6 Å². The van der Waals surface area contributed by atoms with Crippen LogP contribution in [0.3, 0.4) is 0 Å². The van der Waals surface area contributed by atoms with Crippen LogP contribution in [0.2, 0.25) is 10.0 Å². The van der Waals surface area contributed by atoms with Crippen LogP contribution in [0.5, 0.6) is 0 Å². The second kappa shape index (κ2) is 9.46. The maximum atomic E-state index is 14.2. The summed E-state index contributed by atoms with van der Waals surface area (Å²) in [4.78, 5) is 17.5. The van der Waals surface area contributed by atoms with Gasteiger partial charge in [-0.25, -0.2) is 0 Å². The van der Waals surface area contributed by atoms with Crippen molar-refractivity contribution in [2.24, 2.45) is 5.16 Å². The molecule has 0 spiro atoms. The van der Waals surface area contributed by atoms with Gasteiger partial charge in [-0.1, -0.05) is 34.4 Å². The molecule has 0 bridgehead atoms. The lowest BCUT2D eigenvalue weighted by Crippen LogP contribution is -2.42. The molecular weight excluding hydrogens is 520 g/mol. The quantitative estimate of drug-likeness (QED) is 0.603. The van der Waals surface area contributed by atoms with Crippen molar-refractivity contribution >= 4 is 46.2 Å². The maximum Gasteiger partial charge on any atom is 0.435 e. The number of rotatable bonds is 5. The molecule has 0 radical (unpaired) electrons. The Labute approximate surface area is 205 Å². The molecule has 0 saturated carbocycles. The van der Waals surface area contributed by atoms with Crippen LogP contribution < -0.4 is 5.32 Å². The number of hydrogen-bond donors (Lipinski definition) is 1. The molecule has 7 nitrogen and oxygen atoms in total. The minimum Gasteiger partial charge on any atom is -0.374 e. The van der Waals surface area contributed by atoms with Crippen LogP contribution >= 0.6 is 23.2 Å². The fraction of sp³-hybridized carbons (Fsp3) is 0.333. The average Bonchev–Trinajstić information content (AvgIpc) is 3.38. The normalized spacial score (nSPS) is 24.6. The first-order chi connectivity index (χ1) is 16.0. The summed E-state index contributed by atoms with van der Waals surface area (Å²) in [6.45, 7) is 1.82. The third kappa shape index (κ3) is 4.94. The Morgan fingerprint density at radius 3 is 2.53 bits per heavy atom. The molecule has 2 aromatic rings. The van der Waals surface area contributed by atoms with Crippen LogP contribution in [0.25, 0.3) is 0 Å². The third-order valence-electron chi connectivity index (χ3n) is 5.37. The number of carbonyl (C=O) groups excluding carboxylic acids is 1. The monoisotopic (exact) mass is 536 g/mol. The zero-order chi connectivity index (χ0) is 24.7. The van der Waals surface area contributed by atoms with Crippen LogP contribution in [0.4, 0.5) is 13.2 Å². The number of benzene rings is 2. The summed E-state index contributed by atoms with van der Waals surface area (Å²) < 4.78 is 63.3. The maximum absolute atomic E-state index is 14.2. The van der Waals surface area contributed by atoms with Crippen molar-refractivity contribution in [1.82, 2.24) is 5.32 Å². The first-order valence-electron chi connectivity index (χ1n) is 9.88. The number of halogens is 5. The number of aryl methyl sites for hydroxylation is 1. The van der Waals surface area contributed by atoms with Crippen LogP contribution in [0.1, 0.15) is 33.5 Å². The lowest BCUT2D eigenvalue weighted by Gasteiger charge is -2.29. The van der Waals surface area contributed by atoms with Gasteiger partial charge < -0.3 is 10.2 Å². The largest absolute Gasteiger partial charge is 0.435 e. The molecule has 0 aromatic heterocycles. The van der Waals surface area contributed by atoms with E-state index in [-0.39, 0.29) is 34.5 Å². The molecule has 34 heavy (non-hydrogen) atoms. The van der Waals surface area contributed by atoms with Crippen LogP contribution in [0, 0.1) is 6.92 Å². The van der Waals surface area contributed by atoms with Crippen molar-refractivity contribution in [3.8, 4) is 0 Å². The van der Waals surface area contributed by atoms with Gasteiger partial charge in [0.25, 0.3) is 11.5 Å². The van der Waals surface area contributed by atoms with Crippen molar-refractivity contribution in [2.45, 2.75) is 31.2 Å². The Bertz CT molecular complexity index is 1170. The van der Waals surface area contributed by atoms with Crippen molar-refractivity contribution in [3.05, 3.63) is 68.7 Å². The van der Waals surface area contributed by atoms with Gasteiger partial charge in [-0.05, 0) is 48.4 Å². The van der Waals surface area contributed by atoms with E-state index < -0.39 is 41.6 Å². The van der Waals surface area contributed by atoms with E-state index in [4.69, 9.17) is 36.4 Å². The topological polar surface area (TPSA) is 86.2 Å². The summed E-state index contributed by atoms with van der Waals surface area (Å²) in [5.41, 5.74) is -1.75. The van der Waals surface area contributed by atoms with Crippen molar-refractivity contribution in [1.29, 1.82) is 0 Å². The van der Waals surface area contributed by atoms with Gasteiger partial charge >= 0.3 is 17.5 Å². The summed E-state index contributed by atoms with van der Waals surface area (Å²) in [5.74, 6) is -0.423. The number of carbonyl (C=O) groups is 1. The van der Waals surface area contributed by atoms with Crippen molar-refractivity contribution in [2.75, 3.05) is 13.2 Å². The molecule has 0 aliphatic carbocycles. The van der Waals surface area contributed by atoms with E-state index in [9.17, 15) is 22.2 Å². The zero-order valence-electron chi connectivity index (χ0n) is 17.4. The summed E-state index contributed by atoms with van der Waals surface area (Å²) >= 11 is 10.0. The molecule has 4 rings (SSSR count). The van der Waals surface area contributed by atoms with Gasteiger partial charge in [-0.3, -0.25) is 13.2 Å². The van der Waals surface area contributed by atoms with Crippen LogP contribution in [-0.4, -0.2) is 41.3 Å². The Morgan fingerprint density at radius 2 is 1.94 bits per heavy atom. The summed E-state index contributed by atoms with van der Waals surface area (Å²) in [6, 6.07) is 8.15. The molecule has 13 heteroatoms. The Hall–Kier alpha value is -2.18. The molecule has 182 valence electrons. The predicted octanol–water partition coefficient (Wildman–Crippen LogP) is 4.61. The van der Waals surface area contributed by atoms with Gasteiger partial charge in [0.1, 0.15) is 6.10 Å². The molecule has 2 heterocycles. The molecule has 2 aliphatic heterocycles. The van der Waals surface area contributed by atoms with E-state index >= 15 is 0 Å². The standard InChI is InChI=1S/C21H17Cl2F3N2O5S/c1-11-4-12(2-3-17(11)19(29)27-9-16-10-31-34(30)32-16)18-8-20(33-28-18,21(24,25)26)13-5-14(22)7-15(23)6-13/h2-7,16H,8-10H2,1H3,(H,27,29). The molecule has 1 amide bonds. The second-order valence-corrected chi connectivity index (χ2v) is 9.44.